The fourth-order valence-corrected chi connectivity index (χ4v) is 2.75. The summed E-state index contributed by atoms with van der Waals surface area (Å²) in [6, 6.07) is 16.4. The Balaban J connectivity index is 0.00000392. The molecule has 0 aliphatic rings. The minimum Gasteiger partial charge on any atom is -0.347 e. The van der Waals surface area contributed by atoms with E-state index in [1.165, 1.54) is 0 Å². The quantitative estimate of drug-likeness (QED) is 0.608. The zero-order chi connectivity index (χ0) is 19.8. The molecular formula is C21H27Cl2N3O2. The molecule has 0 aliphatic carbocycles. The van der Waals surface area contributed by atoms with Crippen LogP contribution in [0, 0.1) is 5.92 Å². The van der Waals surface area contributed by atoms with Gasteiger partial charge in [-0.05, 0) is 35.6 Å². The number of benzene rings is 2. The summed E-state index contributed by atoms with van der Waals surface area (Å²) < 4.78 is 0. The summed E-state index contributed by atoms with van der Waals surface area (Å²) >= 11 is 5.95. The molecule has 1 unspecified atom stereocenters. The van der Waals surface area contributed by atoms with Gasteiger partial charge in [0.1, 0.15) is 0 Å². The number of nitrogens with two attached hydrogens (primary N) is 1. The van der Waals surface area contributed by atoms with Gasteiger partial charge in [-0.1, -0.05) is 67.9 Å². The Morgan fingerprint density at radius 3 is 2.21 bits per heavy atom. The van der Waals surface area contributed by atoms with Crippen molar-refractivity contribution in [2.75, 3.05) is 6.54 Å². The van der Waals surface area contributed by atoms with Gasteiger partial charge >= 0.3 is 0 Å². The summed E-state index contributed by atoms with van der Waals surface area (Å²) in [4.78, 5) is 24.3. The lowest BCUT2D eigenvalue weighted by atomic mass is 9.99. The first kappa shape index (κ1) is 24.0. The zero-order valence-corrected chi connectivity index (χ0v) is 17.6. The van der Waals surface area contributed by atoms with Crippen LogP contribution < -0.4 is 16.4 Å². The number of halogens is 2. The van der Waals surface area contributed by atoms with Crippen LogP contribution in [-0.2, 0) is 16.0 Å². The van der Waals surface area contributed by atoms with Gasteiger partial charge in [-0.15, -0.1) is 12.4 Å². The van der Waals surface area contributed by atoms with Crippen LogP contribution >= 0.6 is 24.0 Å². The maximum atomic E-state index is 12.4. The SMILES string of the molecule is CC(C)[C@H](N)C(=O)NCC(=O)NC(Cc1ccc(Cl)cc1)c1ccccc1.Cl. The van der Waals surface area contributed by atoms with Crippen molar-refractivity contribution in [3.63, 3.8) is 0 Å². The first-order chi connectivity index (χ1) is 12.9. The molecule has 152 valence electrons. The van der Waals surface area contributed by atoms with Gasteiger partial charge in [-0.25, -0.2) is 0 Å². The van der Waals surface area contributed by atoms with Crippen LogP contribution in [0.1, 0.15) is 31.0 Å². The first-order valence-corrected chi connectivity index (χ1v) is 9.36. The zero-order valence-electron chi connectivity index (χ0n) is 16.0. The Kier molecular flexibility index (Phi) is 10.0. The molecule has 0 saturated heterocycles. The van der Waals surface area contributed by atoms with Crippen LogP contribution in [0.5, 0.6) is 0 Å². The van der Waals surface area contributed by atoms with Gasteiger partial charge in [0, 0.05) is 5.02 Å². The molecule has 2 rings (SSSR count). The van der Waals surface area contributed by atoms with Crippen LogP contribution in [-0.4, -0.2) is 24.4 Å². The molecule has 7 heteroatoms. The van der Waals surface area contributed by atoms with Gasteiger partial charge in [0.15, 0.2) is 0 Å². The van der Waals surface area contributed by atoms with E-state index in [4.69, 9.17) is 17.3 Å². The van der Waals surface area contributed by atoms with E-state index < -0.39 is 6.04 Å². The van der Waals surface area contributed by atoms with E-state index >= 15 is 0 Å². The molecule has 0 saturated carbocycles. The molecule has 0 fully saturated rings. The van der Waals surface area contributed by atoms with Crippen LogP contribution in [0.25, 0.3) is 0 Å². The number of carbonyl (C=O) groups is 2. The number of rotatable bonds is 8. The minimum atomic E-state index is -0.628. The van der Waals surface area contributed by atoms with Crippen molar-refractivity contribution < 1.29 is 9.59 Å². The average molecular weight is 424 g/mol. The van der Waals surface area contributed by atoms with Crippen molar-refractivity contribution in [2.45, 2.75) is 32.4 Å². The highest BCUT2D eigenvalue weighted by molar-refractivity contribution is 6.30. The molecule has 0 aromatic heterocycles. The largest absolute Gasteiger partial charge is 0.347 e. The van der Waals surface area contributed by atoms with Crippen LogP contribution in [0.15, 0.2) is 54.6 Å². The Labute approximate surface area is 177 Å². The van der Waals surface area contributed by atoms with Crippen LogP contribution in [0.4, 0.5) is 0 Å². The summed E-state index contributed by atoms with van der Waals surface area (Å²) in [5, 5.41) is 6.26. The molecule has 2 atom stereocenters. The minimum absolute atomic E-state index is 0. The fraction of sp³-hybridized carbons (Fsp3) is 0.333. The van der Waals surface area contributed by atoms with Crippen LogP contribution in [0.3, 0.4) is 0 Å². The number of hydrogen-bond acceptors (Lipinski definition) is 3. The number of amides is 2. The van der Waals surface area contributed by atoms with Crippen molar-refractivity contribution in [2.24, 2.45) is 11.7 Å². The second-order valence-corrected chi connectivity index (χ2v) is 7.29. The van der Waals surface area contributed by atoms with Gasteiger partial charge in [-0.2, -0.15) is 0 Å². The van der Waals surface area contributed by atoms with Gasteiger partial charge in [0.2, 0.25) is 11.8 Å². The number of hydrogen-bond donors (Lipinski definition) is 3. The standard InChI is InChI=1S/C21H26ClN3O2.ClH/c1-14(2)20(23)21(27)24-13-19(26)25-18(16-6-4-3-5-7-16)12-15-8-10-17(22)11-9-15;/h3-11,14,18,20H,12-13,23H2,1-2H3,(H,24,27)(H,25,26);1H/t18?,20-;/m0./s1. The topological polar surface area (TPSA) is 84.2 Å². The van der Waals surface area contributed by atoms with Gasteiger partial charge in [0.05, 0.1) is 18.6 Å². The molecule has 28 heavy (non-hydrogen) atoms. The molecule has 0 radical (unpaired) electrons. The van der Waals surface area contributed by atoms with E-state index in [0.29, 0.717) is 11.4 Å². The summed E-state index contributed by atoms with van der Waals surface area (Å²) in [5.41, 5.74) is 7.85. The van der Waals surface area contributed by atoms with Gasteiger partial charge < -0.3 is 16.4 Å². The molecule has 0 spiro atoms. The molecule has 2 aromatic carbocycles. The smallest absolute Gasteiger partial charge is 0.239 e. The fourth-order valence-electron chi connectivity index (χ4n) is 2.63. The summed E-state index contributed by atoms with van der Waals surface area (Å²) in [6.07, 6.45) is 0.617. The third kappa shape index (κ3) is 7.50. The predicted molar refractivity (Wildman–Crippen MR) is 116 cm³/mol. The monoisotopic (exact) mass is 423 g/mol. The van der Waals surface area contributed by atoms with E-state index in [2.05, 4.69) is 10.6 Å². The number of nitrogens with one attached hydrogen (secondary N) is 2. The average Bonchev–Trinajstić information content (AvgIpc) is 2.67. The van der Waals surface area contributed by atoms with Crippen molar-refractivity contribution >= 4 is 35.8 Å². The molecule has 4 N–H and O–H groups in total. The lowest BCUT2D eigenvalue weighted by Gasteiger charge is -2.20. The van der Waals surface area contributed by atoms with E-state index in [-0.39, 0.29) is 42.7 Å². The van der Waals surface area contributed by atoms with E-state index in [9.17, 15) is 9.59 Å². The van der Waals surface area contributed by atoms with Crippen molar-refractivity contribution in [1.82, 2.24) is 10.6 Å². The highest BCUT2D eigenvalue weighted by atomic mass is 35.5. The lowest BCUT2D eigenvalue weighted by molar-refractivity contribution is -0.127. The Morgan fingerprint density at radius 1 is 1.04 bits per heavy atom. The molecule has 2 amide bonds. The van der Waals surface area contributed by atoms with E-state index in [0.717, 1.165) is 11.1 Å². The van der Waals surface area contributed by atoms with Crippen molar-refractivity contribution in [3.05, 3.63) is 70.7 Å². The normalized spacial score (nSPS) is 12.6. The molecule has 5 nitrogen and oxygen atoms in total. The van der Waals surface area contributed by atoms with Gasteiger partial charge in [0.25, 0.3) is 0 Å². The van der Waals surface area contributed by atoms with Crippen molar-refractivity contribution in [3.8, 4) is 0 Å². The Morgan fingerprint density at radius 2 is 1.64 bits per heavy atom. The van der Waals surface area contributed by atoms with E-state index in [1.54, 1.807) is 0 Å². The predicted octanol–water partition coefficient (Wildman–Crippen LogP) is 3.26. The molecule has 2 aromatic rings. The van der Waals surface area contributed by atoms with Crippen molar-refractivity contribution in [1.29, 1.82) is 0 Å². The maximum Gasteiger partial charge on any atom is 0.239 e. The molecule has 0 bridgehead atoms. The summed E-state index contributed by atoms with van der Waals surface area (Å²) in [7, 11) is 0. The summed E-state index contributed by atoms with van der Waals surface area (Å²) in [5.74, 6) is -0.578. The van der Waals surface area contributed by atoms with Crippen LogP contribution in [0.2, 0.25) is 5.02 Å². The lowest BCUT2D eigenvalue weighted by Crippen LogP contribution is -2.47. The third-order valence-electron chi connectivity index (χ3n) is 4.33. The summed E-state index contributed by atoms with van der Waals surface area (Å²) in [6.45, 7) is 3.62. The maximum absolute atomic E-state index is 12.4. The van der Waals surface area contributed by atoms with E-state index in [1.807, 2.05) is 68.4 Å². The highest BCUT2D eigenvalue weighted by Crippen LogP contribution is 2.19. The molecular weight excluding hydrogens is 397 g/mol. The Hall–Kier alpha value is -2.08. The second-order valence-electron chi connectivity index (χ2n) is 6.85. The number of carbonyl (C=O) groups excluding carboxylic acids is 2. The Bertz CT molecular complexity index is 752. The third-order valence-corrected chi connectivity index (χ3v) is 4.59. The molecule has 0 heterocycles. The second kappa shape index (κ2) is 11.7. The van der Waals surface area contributed by atoms with Gasteiger partial charge in [-0.3, -0.25) is 9.59 Å². The first-order valence-electron chi connectivity index (χ1n) is 8.99. The highest BCUT2D eigenvalue weighted by Gasteiger charge is 2.19. The molecule has 0 aliphatic heterocycles.